The number of hydrogen-bond acceptors (Lipinski definition) is 4. The summed E-state index contributed by atoms with van der Waals surface area (Å²) in [4.78, 5) is 18.6. The molecule has 0 bridgehead atoms. The van der Waals surface area contributed by atoms with Gasteiger partial charge >= 0.3 is 6.03 Å². The van der Waals surface area contributed by atoms with Crippen molar-refractivity contribution >= 4 is 23.3 Å². The van der Waals surface area contributed by atoms with Gasteiger partial charge in [0.25, 0.3) is 0 Å². The molecule has 0 aliphatic carbocycles. The highest BCUT2D eigenvalue weighted by atomic mass is 35.5. The van der Waals surface area contributed by atoms with Gasteiger partial charge in [-0.15, -0.1) is 0 Å². The van der Waals surface area contributed by atoms with Gasteiger partial charge in [-0.3, -0.25) is 0 Å². The molecule has 1 saturated heterocycles. The SMILES string of the molecule is O=C(Nc1ccccc1F)N1CCCC1c1nc(-c2cccc(Cl)c2)no1. The minimum Gasteiger partial charge on any atom is -0.337 e. The first-order valence-corrected chi connectivity index (χ1v) is 8.91. The first kappa shape index (κ1) is 17.5. The number of carbonyl (C=O) groups is 1. The summed E-state index contributed by atoms with van der Waals surface area (Å²) >= 11 is 6.01. The van der Waals surface area contributed by atoms with Crippen molar-refractivity contribution in [1.29, 1.82) is 0 Å². The quantitative estimate of drug-likeness (QED) is 0.695. The van der Waals surface area contributed by atoms with Crippen LogP contribution in [0.15, 0.2) is 53.1 Å². The third-order valence-electron chi connectivity index (χ3n) is 4.44. The lowest BCUT2D eigenvalue weighted by atomic mass is 10.2. The fraction of sp³-hybridized carbons (Fsp3) is 0.211. The molecule has 2 heterocycles. The zero-order valence-corrected chi connectivity index (χ0v) is 15.0. The molecule has 1 N–H and O–H groups in total. The van der Waals surface area contributed by atoms with Crippen molar-refractivity contribution in [3.63, 3.8) is 0 Å². The van der Waals surface area contributed by atoms with E-state index in [1.165, 1.54) is 12.1 Å². The lowest BCUT2D eigenvalue weighted by Gasteiger charge is -2.22. The number of aromatic nitrogens is 2. The number of nitrogens with zero attached hydrogens (tertiary/aromatic N) is 3. The number of hydrogen-bond donors (Lipinski definition) is 1. The highest BCUT2D eigenvalue weighted by Gasteiger charge is 2.34. The molecule has 1 fully saturated rings. The molecule has 1 aliphatic rings. The average molecular weight is 387 g/mol. The van der Waals surface area contributed by atoms with Gasteiger partial charge in [-0.05, 0) is 37.1 Å². The molecule has 0 spiro atoms. The third-order valence-corrected chi connectivity index (χ3v) is 4.67. The summed E-state index contributed by atoms with van der Waals surface area (Å²) in [6.07, 6.45) is 1.49. The topological polar surface area (TPSA) is 71.3 Å². The Morgan fingerprint density at radius 2 is 2.11 bits per heavy atom. The minimum absolute atomic E-state index is 0.137. The maximum absolute atomic E-state index is 13.8. The molecule has 1 aliphatic heterocycles. The number of halogens is 2. The number of para-hydroxylation sites is 1. The number of anilines is 1. The summed E-state index contributed by atoms with van der Waals surface area (Å²) in [6, 6.07) is 12.4. The third kappa shape index (κ3) is 3.64. The summed E-state index contributed by atoms with van der Waals surface area (Å²) in [6.45, 7) is 0.528. The van der Waals surface area contributed by atoms with Gasteiger partial charge in [0.1, 0.15) is 11.9 Å². The maximum Gasteiger partial charge on any atom is 0.322 e. The van der Waals surface area contributed by atoms with Crippen LogP contribution in [-0.4, -0.2) is 27.6 Å². The van der Waals surface area contributed by atoms with Crippen molar-refractivity contribution in [3.05, 3.63) is 65.3 Å². The highest BCUT2D eigenvalue weighted by molar-refractivity contribution is 6.30. The van der Waals surface area contributed by atoms with Gasteiger partial charge in [0.05, 0.1) is 5.69 Å². The Morgan fingerprint density at radius 1 is 1.26 bits per heavy atom. The summed E-state index contributed by atoms with van der Waals surface area (Å²) in [7, 11) is 0. The lowest BCUT2D eigenvalue weighted by Crippen LogP contribution is -2.34. The van der Waals surface area contributed by atoms with Crippen LogP contribution in [-0.2, 0) is 0 Å². The summed E-state index contributed by atoms with van der Waals surface area (Å²) in [5.41, 5.74) is 0.871. The van der Waals surface area contributed by atoms with Gasteiger partial charge < -0.3 is 14.7 Å². The Kier molecular flexibility index (Phi) is 4.77. The second-order valence-electron chi connectivity index (χ2n) is 6.23. The Bertz CT molecular complexity index is 978. The standard InChI is InChI=1S/C19H16ClFN4O2/c20-13-6-3-5-12(11-13)17-23-18(27-24-17)16-9-4-10-25(16)19(26)22-15-8-2-1-7-14(15)21/h1-3,5-8,11,16H,4,9-10H2,(H,22,26). The van der Waals surface area contributed by atoms with E-state index in [2.05, 4.69) is 15.5 Å². The Balaban J connectivity index is 1.53. The van der Waals surface area contributed by atoms with E-state index in [4.69, 9.17) is 16.1 Å². The van der Waals surface area contributed by atoms with Gasteiger partial charge in [0, 0.05) is 17.1 Å². The maximum atomic E-state index is 13.8. The number of benzene rings is 2. The Labute approximate surface area is 159 Å². The van der Waals surface area contributed by atoms with Crippen molar-refractivity contribution in [2.75, 3.05) is 11.9 Å². The van der Waals surface area contributed by atoms with Crippen LogP contribution in [0.1, 0.15) is 24.8 Å². The van der Waals surface area contributed by atoms with Crippen LogP contribution in [0.5, 0.6) is 0 Å². The lowest BCUT2D eigenvalue weighted by molar-refractivity contribution is 0.193. The molecule has 2 amide bonds. The van der Waals surface area contributed by atoms with Crippen LogP contribution in [0, 0.1) is 5.82 Å². The van der Waals surface area contributed by atoms with E-state index < -0.39 is 11.8 Å². The zero-order valence-electron chi connectivity index (χ0n) is 14.2. The predicted octanol–water partition coefficient (Wildman–Crippen LogP) is 4.90. The molecule has 0 radical (unpaired) electrons. The van der Waals surface area contributed by atoms with Crippen molar-refractivity contribution < 1.29 is 13.7 Å². The summed E-state index contributed by atoms with van der Waals surface area (Å²) in [5.74, 6) is 0.280. The average Bonchev–Trinajstić information content (AvgIpc) is 3.33. The van der Waals surface area contributed by atoms with Gasteiger partial charge in [0.2, 0.25) is 11.7 Å². The van der Waals surface area contributed by atoms with Gasteiger partial charge in [-0.25, -0.2) is 9.18 Å². The van der Waals surface area contributed by atoms with E-state index in [0.717, 1.165) is 12.0 Å². The Hall–Kier alpha value is -2.93. The van der Waals surface area contributed by atoms with E-state index >= 15 is 0 Å². The zero-order chi connectivity index (χ0) is 18.8. The van der Waals surface area contributed by atoms with Crippen LogP contribution in [0.25, 0.3) is 11.4 Å². The Morgan fingerprint density at radius 3 is 2.93 bits per heavy atom. The van der Waals surface area contributed by atoms with Crippen molar-refractivity contribution in [2.24, 2.45) is 0 Å². The fourth-order valence-electron chi connectivity index (χ4n) is 3.13. The predicted molar refractivity (Wildman–Crippen MR) is 98.8 cm³/mol. The number of nitrogens with one attached hydrogen (secondary N) is 1. The molecule has 27 heavy (non-hydrogen) atoms. The number of rotatable bonds is 3. The largest absolute Gasteiger partial charge is 0.337 e. The second kappa shape index (κ2) is 7.36. The molecule has 1 atom stereocenters. The fourth-order valence-corrected chi connectivity index (χ4v) is 3.32. The number of likely N-dealkylation sites (tertiary alicyclic amines) is 1. The molecule has 3 aromatic rings. The molecule has 138 valence electrons. The molecule has 0 saturated carbocycles. The number of amides is 2. The van der Waals surface area contributed by atoms with E-state index in [0.29, 0.717) is 29.7 Å². The van der Waals surface area contributed by atoms with E-state index in [1.54, 1.807) is 35.2 Å². The van der Waals surface area contributed by atoms with Crippen molar-refractivity contribution in [1.82, 2.24) is 15.0 Å². The smallest absolute Gasteiger partial charge is 0.322 e. The van der Waals surface area contributed by atoms with E-state index in [1.807, 2.05) is 6.07 Å². The molecular formula is C19H16ClFN4O2. The van der Waals surface area contributed by atoms with E-state index in [9.17, 15) is 9.18 Å². The van der Waals surface area contributed by atoms with Crippen molar-refractivity contribution in [2.45, 2.75) is 18.9 Å². The normalized spacial score (nSPS) is 16.5. The number of carbonyl (C=O) groups excluding carboxylic acids is 1. The van der Waals surface area contributed by atoms with Crippen LogP contribution < -0.4 is 5.32 Å². The molecule has 2 aromatic carbocycles. The van der Waals surface area contributed by atoms with E-state index in [-0.39, 0.29) is 11.7 Å². The van der Waals surface area contributed by atoms with Gasteiger partial charge in [0.15, 0.2) is 0 Å². The molecule has 6 nitrogen and oxygen atoms in total. The van der Waals surface area contributed by atoms with Crippen LogP contribution in [0.3, 0.4) is 0 Å². The van der Waals surface area contributed by atoms with Crippen molar-refractivity contribution in [3.8, 4) is 11.4 Å². The summed E-state index contributed by atoms with van der Waals surface area (Å²) < 4.78 is 19.2. The number of urea groups is 1. The minimum atomic E-state index is -0.484. The van der Waals surface area contributed by atoms with Gasteiger partial charge in [-0.2, -0.15) is 4.98 Å². The molecule has 4 rings (SSSR count). The van der Waals surface area contributed by atoms with Crippen LogP contribution >= 0.6 is 11.6 Å². The molecule has 1 unspecified atom stereocenters. The first-order chi connectivity index (χ1) is 13.1. The van der Waals surface area contributed by atoms with Crippen LogP contribution in [0.4, 0.5) is 14.9 Å². The summed E-state index contributed by atoms with van der Waals surface area (Å²) in [5, 5.41) is 7.18. The molecule has 8 heteroatoms. The monoisotopic (exact) mass is 386 g/mol. The van der Waals surface area contributed by atoms with Gasteiger partial charge in [-0.1, -0.05) is 41.0 Å². The molecule has 1 aromatic heterocycles. The second-order valence-corrected chi connectivity index (χ2v) is 6.66. The first-order valence-electron chi connectivity index (χ1n) is 8.53. The van der Waals surface area contributed by atoms with Crippen LogP contribution in [0.2, 0.25) is 5.02 Å². The highest BCUT2D eigenvalue weighted by Crippen LogP contribution is 2.33. The molecular weight excluding hydrogens is 371 g/mol.